The van der Waals surface area contributed by atoms with Crippen LogP contribution < -0.4 is 10.0 Å². The summed E-state index contributed by atoms with van der Waals surface area (Å²) >= 11 is 0. The largest absolute Gasteiger partial charge is 0.340 e. The zero-order valence-electron chi connectivity index (χ0n) is 12.3. The molecule has 2 N–H and O–H groups in total. The Labute approximate surface area is 125 Å². The molecule has 9 heteroatoms. The molecule has 8 nitrogen and oxygen atoms in total. The Hall–Kier alpha value is -1.03. The molecule has 0 amide bonds. The summed E-state index contributed by atoms with van der Waals surface area (Å²) < 4.78 is 33.9. The van der Waals surface area contributed by atoms with Crippen molar-refractivity contribution in [3.63, 3.8) is 0 Å². The maximum atomic E-state index is 12.4. The molecule has 1 atom stereocenters. The molecule has 1 unspecified atom stereocenters. The van der Waals surface area contributed by atoms with Crippen LogP contribution in [0.1, 0.15) is 32.1 Å². The number of piperidine rings is 1. The second kappa shape index (κ2) is 7.83. The van der Waals surface area contributed by atoms with Crippen molar-refractivity contribution in [2.45, 2.75) is 38.6 Å². The highest BCUT2D eigenvalue weighted by Gasteiger charge is 2.31. The van der Waals surface area contributed by atoms with Gasteiger partial charge >= 0.3 is 0 Å². The lowest BCUT2D eigenvalue weighted by Crippen LogP contribution is -2.52. The Morgan fingerprint density at radius 2 is 2.33 bits per heavy atom. The first-order chi connectivity index (χ1) is 10.1. The lowest BCUT2D eigenvalue weighted by Gasteiger charge is -2.34. The van der Waals surface area contributed by atoms with E-state index in [1.165, 1.54) is 6.33 Å². The molecular weight excluding hydrogens is 294 g/mol. The highest BCUT2D eigenvalue weighted by atomic mass is 32.2. The summed E-state index contributed by atoms with van der Waals surface area (Å²) in [5.41, 5.74) is 0. The first kappa shape index (κ1) is 16.3. The zero-order valence-corrected chi connectivity index (χ0v) is 13.1. The molecule has 0 aromatic carbocycles. The van der Waals surface area contributed by atoms with Crippen LogP contribution in [0.25, 0.3) is 0 Å². The van der Waals surface area contributed by atoms with E-state index in [1.54, 1.807) is 4.31 Å². The van der Waals surface area contributed by atoms with Gasteiger partial charge in [-0.2, -0.15) is 17.7 Å². The molecule has 0 aliphatic carbocycles. The van der Waals surface area contributed by atoms with Crippen molar-refractivity contribution in [1.29, 1.82) is 0 Å². The van der Waals surface area contributed by atoms with Gasteiger partial charge in [0, 0.05) is 32.1 Å². The average Bonchev–Trinajstić information content (AvgIpc) is 2.98. The third-order valence-corrected chi connectivity index (χ3v) is 5.21. The van der Waals surface area contributed by atoms with Crippen LogP contribution in [0, 0.1) is 0 Å². The van der Waals surface area contributed by atoms with Crippen LogP contribution in [-0.2, 0) is 16.6 Å². The standard InChI is InChI=1S/C12H23N5O3S/c1-2-13-9-11-5-3-4-8-17(11)21(18,19)16-7-6-12-14-10-15-20-12/h10-11,13,16H,2-9H2,1H3. The van der Waals surface area contributed by atoms with Crippen molar-refractivity contribution in [1.82, 2.24) is 24.5 Å². The molecule has 1 aliphatic rings. The van der Waals surface area contributed by atoms with Crippen LogP contribution in [-0.4, -0.2) is 55.1 Å². The number of nitrogens with one attached hydrogen (secondary N) is 2. The zero-order chi connectivity index (χ0) is 15.1. The van der Waals surface area contributed by atoms with E-state index in [9.17, 15) is 8.42 Å². The SMILES string of the molecule is CCNCC1CCCCN1S(=O)(=O)NCCc1ncno1. The third kappa shape index (κ3) is 4.73. The molecule has 0 saturated carbocycles. The highest BCUT2D eigenvalue weighted by molar-refractivity contribution is 7.87. The second-order valence-electron chi connectivity index (χ2n) is 5.05. The normalized spacial score (nSPS) is 20.7. The van der Waals surface area contributed by atoms with E-state index in [1.807, 2.05) is 6.92 Å². The topological polar surface area (TPSA) is 100 Å². The smallest absolute Gasteiger partial charge is 0.279 e. The summed E-state index contributed by atoms with van der Waals surface area (Å²) in [6.45, 7) is 4.39. The summed E-state index contributed by atoms with van der Waals surface area (Å²) in [6.07, 6.45) is 4.58. The minimum atomic E-state index is -3.46. The number of aromatic nitrogens is 2. The first-order valence-corrected chi connectivity index (χ1v) is 8.80. The van der Waals surface area contributed by atoms with Gasteiger partial charge in [-0.3, -0.25) is 0 Å². The maximum absolute atomic E-state index is 12.4. The summed E-state index contributed by atoms with van der Waals surface area (Å²) in [5, 5.41) is 6.72. The number of hydrogen-bond acceptors (Lipinski definition) is 6. The summed E-state index contributed by atoms with van der Waals surface area (Å²) in [4.78, 5) is 3.87. The van der Waals surface area contributed by atoms with Crippen LogP contribution in [0.4, 0.5) is 0 Å². The van der Waals surface area contributed by atoms with Crippen molar-refractivity contribution in [2.75, 3.05) is 26.2 Å². The molecule has 2 rings (SSSR count). The van der Waals surface area contributed by atoms with Gasteiger partial charge in [0.05, 0.1) is 0 Å². The Balaban J connectivity index is 1.89. The molecular formula is C12H23N5O3S. The first-order valence-electron chi connectivity index (χ1n) is 7.36. The summed E-state index contributed by atoms with van der Waals surface area (Å²) in [7, 11) is -3.46. The number of nitrogens with zero attached hydrogens (tertiary/aromatic N) is 3. The van der Waals surface area contributed by atoms with Gasteiger partial charge in [-0.25, -0.2) is 4.72 Å². The van der Waals surface area contributed by atoms with Gasteiger partial charge in [0.2, 0.25) is 5.89 Å². The minimum absolute atomic E-state index is 0.0274. The molecule has 1 saturated heterocycles. The van der Waals surface area contributed by atoms with E-state index in [0.29, 0.717) is 25.4 Å². The van der Waals surface area contributed by atoms with E-state index < -0.39 is 10.2 Å². The molecule has 2 heterocycles. The Morgan fingerprint density at radius 3 is 3.05 bits per heavy atom. The van der Waals surface area contributed by atoms with E-state index in [4.69, 9.17) is 4.52 Å². The molecule has 1 fully saturated rings. The van der Waals surface area contributed by atoms with Crippen molar-refractivity contribution in [2.24, 2.45) is 0 Å². The predicted molar refractivity (Wildman–Crippen MR) is 77.8 cm³/mol. The second-order valence-corrected chi connectivity index (χ2v) is 6.76. The molecule has 0 radical (unpaired) electrons. The van der Waals surface area contributed by atoms with Gasteiger partial charge < -0.3 is 9.84 Å². The van der Waals surface area contributed by atoms with E-state index in [0.717, 1.165) is 25.8 Å². The van der Waals surface area contributed by atoms with Gasteiger partial charge in [-0.1, -0.05) is 18.5 Å². The lowest BCUT2D eigenvalue weighted by molar-refractivity contribution is 0.244. The molecule has 0 spiro atoms. The van der Waals surface area contributed by atoms with Gasteiger partial charge in [0.25, 0.3) is 10.2 Å². The fraction of sp³-hybridized carbons (Fsp3) is 0.833. The van der Waals surface area contributed by atoms with Gasteiger partial charge in [0.1, 0.15) is 0 Å². The van der Waals surface area contributed by atoms with Crippen LogP contribution in [0.15, 0.2) is 10.9 Å². The average molecular weight is 317 g/mol. The minimum Gasteiger partial charge on any atom is -0.340 e. The van der Waals surface area contributed by atoms with E-state index >= 15 is 0 Å². The van der Waals surface area contributed by atoms with Crippen molar-refractivity contribution >= 4 is 10.2 Å². The fourth-order valence-corrected chi connectivity index (χ4v) is 3.95. The van der Waals surface area contributed by atoms with E-state index in [2.05, 4.69) is 20.2 Å². The monoisotopic (exact) mass is 317 g/mol. The molecule has 120 valence electrons. The fourth-order valence-electron chi connectivity index (χ4n) is 2.48. The number of hydrogen-bond donors (Lipinski definition) is 2. The van der Waals surface area contributed by atoms with Gasteiger partial charge in [-0.15, -0.1) is 0 Å². The van der Waals surface area contributed by atoms with Crippen LogP contribution in [0.5, 0.6) is 0 Å². The van der Waals surface area contributed by atoms with Crippen molar-refractivity contribution in [3.05, 3.63) is 12.2 Å². The summed E-state index contributed by atoms with van der Waals surface area (Å²) in [5.74, 6) is 0.431. The quantitative estimate of drug-likeness (QED) is 0.695. The van der Waals surface area contributed by atoms with Crippen molar-refractivity contribution in [3.8, 4) is 0 Å². The van der Waals surface area contributed by atoms with Crippen LogP contribution in [0.3, 0.4) is 0 Å². The number of rotatable bonds is 8. The predicted octanol–water partition coefficient (Wildman–Crippen LogP) is -0.0895. The van der Waals surface area contributed by atoms with Crippen LogP contribution in [0.2, 0.25) is 0 Å². The molecule has 0 bridgehead atoms. The molecule has 21 heavy (non-hydrogen) atoms. The molecule has 1 aromatic rings. The highest BCUT2D eigenvalue weighted by Crippen LogP contribution is 2.19. The lowest BCUT2D eigenvalue weighted by atomic mass is 10.1. The van der Waals surface area contributed by atoms with Gasteiger partial charge in [-0.05, 0) is 19.4 Å². The third-order valence-electron chi connectivity index (χ3n) is 3.54. The van der Waals surface area contributed by atoms with Gasteiger partial charge in [0.15, 0.2) is 6.33 Å². The number of likely N-dealkylation sites (N-methyl/N-ethyl adjacent to an activating group) is 1. The van der Waals surface area contributed by atoms with Crippen LogP contribution >= 0.6 is 0 Å². The molecule has 1 aliphatic heterocycles. The van der Waals surface area contributed by atoms with Crippen molar-refractivity contribution < 1.29 is 12.9 Å². The van der Waals surface area contributed by atoms with E-state index in [-0.39, 0.29) is 12.6 Å². The summed E-state index contributed by atoms with van der Waals surface area (Å²) in [6, 6.07) is 0.0274. The molecule has 1 aromatic heterocycles. The Morgan fingerprint density at radius 1 is 1.48 bits per heavy atom. The Kier molecular flexibility index (Phi) is 6.09. The Bertz CT molecular complexity index is 505. The maximum Gasteiger partial charge on any atom is 0.279 e.